The van der Waals surface area contributed by atoms with Gasteiger partial charge in [-0.15, -0.1) is 0 Å². The van der Waals surface area contributed by atoms with E-state index in [0.29, 0.717) is 12.1 Å². The SMILES string of the molecule is CCn1cc([C@H]2OCCC[C@@H]2N[C@@H]2CCSC2)cn1. The van der Waals surface area contributed by atoms with Crippen molar-refractivity contribution in [3.8, 4) is 0 Å². The summed E-state index contributed by atoms with van der Waals surface area (Å²) < 4.78 is 8.00. The maximum atomic E-state index is 6.02. The molecule has 0 radical (unpaired) electrons. The van der Waals surface area contributed by atoms with Gasteiger partial charge in [0.25, 0.3) is 0 Å². The minimum atomic E-state index is 0.180. The highest BCUT2D eigenvalue weighted by molar-refractivity contribution is 7.99. The van der Waals surface area contributed by atoms with Gasteiger partial charge < -0.3 is 10.1 Å². The van der Waals surface area contributed by atoms with Crippen LogP contribution < -0.4 is 5.32 Å². The van der Waals surface area contributed by atoms with Crippen molar-refractivity contribution < 1.29 is 4.74 Å². The molecule has 4 nitrogen and oxygen atoms in total. The van der Waals surface area contributed by atoms with E-state index in [9.17, 15) is 0 Å². The Balaban J connectivity index is 1.68. The summed E-state index contributed by atoms with van der Waals surface area (Å²) in [4.78, 5) is 0. The molecule has 0 bridgehead atoms. The molecule has 2 fully saturated rings. The standard InChI is InChI=1S/C14H23N3OS/c1-2-17-9-11(8-15-17)14-13(4-3-6-18-14)16-12-5-7-19-10-12/h8-9,12-14,16H,2-7,10H2,1H3/t12-,13+,14-/m1/s1. The van der Waals surface area contributed by atoms with Gasteiger partial charge in [0, 0.05) is 42.7 Å². The third kappa shape index (κ3) is 3.15. The fourth-order valence-corrected chi connectivity index (χ4v) is 4.11. The van der Waals surface area contributed by atoms with Crippen molar-refractivity contribution in [2.45, 2.75) is 50.9 Å². The third-order valence-electron chi connectivity index (χ3n) is 4.01. The van der Waals surface area contributed by atoms with Crippen LogP contribution in [0.3, 0.4) is 0 Å². The highest BCUT2D eigenvalue weighted by Crippen LogP contribution is 2.30. The van der Waals surface area contributed by atoms with Gasteiger partial charge in [-0.1, -0.05) is 0 Å². The summed E-state index contributed by atoms with van der Waals surface area (Å²) in [6, 6.07) is 1.12. The van der Waals surface area contributed by atoms with E-state index in [4.69, 9.17) is 4.74 Å². The molecule has 19 heavy (non-hydrogen) atoms. The summed E-state index contributed by atoms with van der Waals surface area (Å²) in [5.41, 5.74) is 1.23. The number of thioether (sulfide) groups is 1. The number of nitrogens with one attached hydrogen (secondary N) is 1. The highest BCUT2D eigenvalue weighted by Gasteiger charge is 2.30. The molecule has 2 saturated heterocycles. The van der Waals surface area contributed by atoms with Crippen LogP contribution in [0, 0.1) is 0 Å². The first-order valence-corrected chi connectivity index (χ1v) is 8.50. The van der Waals surface area contributed by atoms with E-state index in [1.54, 1.807) is 0 Å². The zero-order valence-electron chi connectivity index (χ0n) is 11.5. The van der Waals surface area contributed by atoms with Crippen molar-refractivity contribution in [3.63, 3.8) is 0 Å². The van der Waals surface area contributed by atoms with E-state index in [1.165, 1.54) is 29.9 Å². The van der Waals surface area contributed by atoms with E-state index in [-0.39, 0.29) is 6.10 Å². The molecular weight excluding hydrogens is 258 g/mol. The lowest BCUT2D eigenvalue weighted by Crippen LogP contribution is -2.44. The second-order valence-corrected chi connectivity index (χ2v) is 6.55. The molecule has 0 spiro atoms. The Labute approximate surface area is 119 Å². The molecule has 1 aromatic rings. The van der Waals surface area contributed by atoms with Gasteiger partial charge in [0.1, 0.15) is 6.10 Å². The van der Waals surface area contributed by atoms with E-state index >= 15 is 0 Å². The first-order valence-electron chi connectivity index (χ1n) is 7.34. The van der Waals surface area contributed by atoms with E-state index < -0.39 is 0 Å². The van der Waals surface area contributed by atoms with Crippen molar-refractivity contribution in [1.29, 1.82) is 0 Å². The summed E-state index contributed by atoms with van der Waals surface area (Å²) in [6.07, 6.45) is 7.95. The second kappa shape index (κ2) is 6.29. The van der Waals surface area contributed by atoms with Crippen LogP contribution in [0.2, 0.25) is 0 Å². The average Bonchev–Trinajstić information content (AvgIpc) is 3.10. The second-order valence-electron chi connectivity index (χ2n) is 5.40. The first-order chi connectivity index (χ1) is 9.36. The summed E-state index contributed by atoms with van der Waals surface area (Å²) in [5, 5.41) is 8.19. The zero-order chi connectivity index (χ0) is 13.1. The molecule has 1 N–H and O–H groups in total. The molecular formula is C14H23N3OS. The van der Waals surface area contributed by atoms with Gasteiger partial charge in [0.15, 0.2) is 0 Å². The summed E-state index contributed by atoms with van der Waals surface area (Å²) in [6.45, 7) is 3.91. The average molecular weight is 281 g/mol. The van der Waals surface area contributed by atoms with Gasteiger partial charge in [-0.3, -0.25) is 4.68 Å². The van der Waals surface area contributed by atoms with Gasteiger partial charge >= 0.3 is 0 Å². The minimum Gasteiger partial charge on any atom is -0.372 e. The van der Waals surface area contributed by atoms with Crippen molar-refractivity contribution in [2.24, 2.45) is 0 Å². The summed E-state index contributed by atoms with van der Waals surface area (Å²) in [5.74, 6) is 2.54. The molecule has 3 atom stereocenters. The van der Waals surface area contributed by atoms with Crippen molar-refractivity contribution in [3.05, 3.63) is 18.0 Å². The largest absolute Gasteiger partial charge is 0.372 e. The minimum absolute atomic E-state index is 0.180. The van der Waals surface area contributed by atoms with Gasteiger partial charge in [0.2, 0.25) is 0 Å². The van der Waals surface area contributed by atoms with Crippen molar-refractivity contribution in [2.75, 3.05) is 18.1 Å². The van der Waals surface area contributed by atoms with Crippen LogP contribution in [0.5, 0.6) is 0 Å². The monoisotopic (exact) mass is 281 g/mol. The Hall–Kier alpha value is -0.520. The maximum absolute atomic E-state index is 6.02. The Morgan fingerprint density at radius 2 is 2.47 bits per heavy atom. The number of aryl methyl sites for hydroxylation is 1. The van der Waals surface area contributed by atoms with Crippen LogP contribution in [-0.2, 0) is 11.3 Å². The van der Waals surface area contributed by atoms with Gasteiger partial charge in [-0.25, -0.2) is 0 Å². The highest BCUT2D eigenvalue weighted by atomic mass is 32.2. The molecule has 5 heteroatoms. The molecule has 1 aromatic heterocycles. The third-order valence-corrected chi connectivity index (χ3v) is 5.17. The Morgan fingerprint density at radius 3 is 3.21 bits per heavy atom. The number of ether oxygens (including phenoxy) is 1. The van der Waals surface area contributed by atoms with Crippen LogP contribution in [0.4, 0.5) is 0 Å². The van der Waals surface area contributed by atoms with Gasteiger partial charge in [-0.2, -0.15) is 16.9 Å². The Morgan fingerprint density at radius 1 is 1.53 bits per heavy atom. The molecule has 0 aromatic carbocycles. The molecule has 0 saturated carbocycles. The topological polar surface area (TPSA) is 39.1 Å². The van der Waals surface area contributed by atoms with E-state index in [2.05, 4.69) is 35.3 Å². The first kappa shape index (κ1) is 13.5. The Bertz CT molecular complexity index is 403. The fourth-order valence-electron chi connectivity index (χ4n) is 2.95. The molecule has 0 unspecified atom stereocenters. The molecule has 0 aliphatic carbocycles. The number of aromatic nitrogens is 2. The molecule has 3 heterocycles. The lowest BCUT2D eigenvalue weighted by molar-refractivity contribution is -0.0131. The van der Waals surface area contributed by atoms with Gasteiger partial charge in [0.05, 0.1) is 6.20 Å². The lowest BCUT2D eigenvalue weighted by Gasteiger charge is -2.33. The zero-order valence-corrected chi connectivity index (χ0v) is 12.4. The number of rotatable bonds is 4. The molecule has 106 valence electrons. The van der Waals surface area contributed by atoms with Crippen LogP contribution in [0.15, 0.2) is 12.4 Å². The number of hydrogen-bond acceptors (Lipinski definition) is 4. The normalized spacial score (nSPS) is 31.7. The van der Waals surface area contributed by atoms with Crippen molar-refractivity contribution in [1.82, 2.24) is 15.1 Å². The molecule has 0 amide bonds. The predicted molar refractivity (Wildman–Crippen MR) is 78.5 cm³/mol. The van der Waals surface area contributed by atoms with Crippen LogP contribution in [0.1, 0.15) is 37.9 Å². The predicted octanol–water partition coefficient (Wildman–Crippen LogP) is 2.22. The van der Waals surface area contributed by atoms with E-state index in [0.717, 1.165) is 19.6 Å². The van der Waals surface area contributed by atoms with Crippen LogP contribution >= 0.6 is 11.8 Å². The van der Waals surface area contributed by atoms with Crippen LogP contribution in [-0.4, -0.2) is 40.0 Å². The lowest BCUT2D eigenvalue weighted by atomic mass is 9.97. The summed E-state index contributed by atoms with van der Waals surface area (Å²) >= 11 is 2.06. The summed E-state index contributed by atoms with van der Waals surface area (Å²) in [7, 11) is 0. The smallest absolute Gasteiger partial charge is 0.101 e. The Kier molecular flexibility index (Phi) is 4.45. The molecule has 2 aliphatic rings. The van der Waals surface area contributed by atoms with Crippen LogP contribution in [0.25, 0.3) is 0 Å². The fraction of sp³-hybridized carbons (Fsp3) is 0.786. The number of hydrogen-bond donors (Lipinski definition) is 1. The quantitative estimate of drug-likeness (QED) is 0.918. The van der Waals surface area contributed by atoms with E-state index in [1.807, 2.05) is 10.9 Å². The molecule has 3 rings (SSSR count). The number of nitrogens with zero attached hydrogens (tertiary/aromatic N) is 2. The van der Waals surface area contributed by atoms with Crippen molar-refractivity contribution >= 4 is 11.8 Å². The molecule has 2 aliphatic heterocycles. The maximum Gasteiger partial charge on any atom is 0.101 e. The van der Waals surface area contributed by atoms with Gasteiger partial charge in [-0.05, 0) is 31.9 Å².